The Balaban J connectivity index is 2.06. The summed E-state index contributed by atoms with van der Waals surface area (Å²) in [5, 5.41) is 9.28. The monoisotopic (exact) mass is 316 g/mol. The molecular formula is C12H14BrFN2O2. The summed E-state index contributed by atoms with van der Waals surface area (Å²) in [4.78, 5) is 5.98. The summed E-state index contributed by atoms with van der Waals surface area (Å²) in [7, 11) is 0. The second kappa shape index (κ2) is 6.26. The molecule has 18 heavy (non-hydrogen) atoms. The first kappa shape index (κ1) is 13.5. The van der Waals surface area contributed by atoms with Crippen LogP contribution >= 0.6 is 15.9 Å². The fraction of sp³-hybridized carbons (Fsp3) is 0.417. The summed E-state index contributed by atoms with van der Waals surface area (Å²) in [5.74, 6) is 0. The molecule has 1 aromatic rings. The van der Waals surface area contributed by atoms with Crippen molar-refractivity contribution in [2.24, 2.45) is 0 Å². The molecular weight excluding hydrogens is 303 g/mol. The van der Waals surface area contributed by atoms with Gasteiger partial charge in [0.05, 0.1) is 6.61 Å². The standard InChI is InChI=1S/C12H14BrFN2O2/c13-11-2-1-9(6-15-11)7-16(4-3-14)10-5-12(17)18-8-10/h1-2,5-6,12,17H,3-4,7-8H2. The van der Waals surface area contributed by atoms with Gasteiger partial charge >= 0.3 is 0 Å². The van der Waals surface area contributed by atoms with Crippen molar-refractivity contribution in [1.82, 2.24) is 9.88 Å². The first-order valence-corrected chi connectivity index (χ1v) is 6.40. The van der Waals surface area contributed by atoms with Crippen LogP contribution in [-0.2, 0) is 11.3 Å². The fourth-order valence-corrected chi connectivity index (χ4v) is 2.01. The molecule has 1 aliphatic rings. The summed E-state index contributed by atoms with van der Waals surface area (Å²) in [6.07, 6.45) is 2.45. The van der Waals surface area contributed by atoms with E-state index in [1.54, 1.807) is 12.3 Å². The van der Waals surface area contributed by atoms with E-state index >= 15 is 0 Å². The number of aliphatic hydroxyl groups is 1. The van der Waals surface area contributed by atoms with Gasteiger partial charge in [-0.25, -0.2) is 9.37 Å². The second-order valence-corrected chi connectivity index (χ2v) is 4.77. The minimum atomic E-state index is -0.884. The highest BCUT2D eigenvalue weighted by molar-refractivity contribution is 9.10. The van der Waals surface area contributed by atoms with Gasteiger partial charge in [0.25, 0.3) is 0 Å². The largest absolute Gasteiger partial charge is 0.366 e. The van der Waals surface area contributed by atoms with Gasteiger partial charge in [-0.2, -0.15) is 0 Å². The molecule has 0 radical (unpaired) electrons. The Hall–Kier alpha value is -0.980. The van der Waals surface area contributed by atoms with Crippen LogP contribution in [0.1, 0.15) is 5.56 Å². The van der Waals surface area contributed by atoms with Gasteiger partial charge < -0.3 is 14.7 Å². The molecule has 2 rings (SSSR count). The van der Waals surface area contributed by atoms with Crippen LogP contribution in [0, 0.1) is 0 Å². The zero-order valence-corrected chi connectivity index (χ0v) is 11.3. The minimum absolute atomic E-state index is 0.276. The molecule has 0 fully saturated rings. The van der Waals surface area contributed by atoms with Crippen LogP contribution < -0.4 is 0 Å². The van der Waals surface area contributed by atoms with Crippen LogP contribution in [0.4, 0.5) is 4.39 Å². The number of hydrogen-bond acceptors (Lipinski definition) is 4. The van der Waals surface area contributed by atoms with Crippen molar-refractivity contribution in [3.8, 4) is 0 Å². The Morgan fingerprint density at radius 3 is 2.94 bits per heavy atom. The third kappa shape index (κ3) is 3.51. The number of pyridine rings is 1. The fourth-order valence-electron chi connectivity index (χ4n) is 1.77. The molecule has 1 unspecified atom stereocenters. The van der Waals surface area contributed by atoms with Crippen molar-refractivity contribution in [3.63, 3.8) is 0 Å². The molecule has 0 bridgehead atoms. The maximum Gasteiger partial charge on any atom is 0.176 e. The summed E-state index contributed by atoms with van der Waals surface area (Å²) >= 11 is 3.27. The van der Waals surface area contributed by atoms with Gasteiger partial charge in [-0.05, 0) is 33.6 Å². The maximum absolute atomic E-state index is 12.6. The summed E-state index contributed by atoms with van der Waals surface area (Å²) in [6, 6.07) is 3.77. The summed E-state index contributed by atoms with van der Waals surface area (Å²) in [5.41, 5.74) is 1.79. The van der Waals surface area contributed by atoms with Crippen LogP contribution in [0.25, 0.3) is 0 Å². The molecule has 1 N–H and O–H groups in total. The van der Waals surface area contributed by atoms with Crippen molar-refractivity contribution in [3.05, 3.63) is 40.3 Å². The Morgan fingerprint density at radius 2 is 2.39 bits per heavy atom. The quantitative estimate of drug-likeness (QED) is 0.842. The van der Waals surface area contributed by atoms with Crippen molar-refractivity contribution >= 4 is 15.9 Å². The van der Waals surface area contributed by atoms with Gasteiger partial charge in [0.2, 0.25) is 0 Å². The molecule has 0 aromatic carbocycles. The highest BCUT2D eigenvalue weighted by Gasteiger charge is 2.19. The molecule has 98 valence electrons. The number of aliphatic hydroxyl groups excluding tert-OH is 1. The highest BCUT2D eigenvalue weighted by Crippen LogP contribution is 2.18. The predicted molar refractivity (Wildman–Crippen MR) is 68.4 cm³/mol. The highest BCUT2D eigenvalue weighted by atomic mass is 79.9. The zero-order valence-electron chi connectivity index (χ0n) is 9.72. The number of alkyl halides is 1. The van der Waals surface area contributed by atoms with Gasteiger partial charge in [0, 0.05) is 25.0 Å². The molecule has 0 aliphatic carbocycles. The number of ether oxygens (including phenoxy) is 1. The van der Waals surface area contributed by atoms with E-state index in [9.17, 15) is 9.50 Å². The van der Waals surface area contributed by atoms with E-state index in [1.807, 2.05) is 17.0 Å². The van der Waals surface area contributed by atoms with Crippen molar-refractivity contribution < 1.29 is 14.2 Å². The molecule has 6 heteroatoms. The van der Waals surface area contributed by atoms with E-state index in [4.69, 9.17) is 4.74 Å². The predicted octanol–water partition coefficient (Wildman–Crippen LogP) is 1.85. The molecule has 0 spiro atoms. The Bertz CT molecular complexity index is 425. The lowest BCUT2D eigenvalue weighted by Crippen LogP contribution is -2.25. The molecule has 2 heterocycles. The lowest BCUT2D eigenvalue weighted by Gasteiger charge is -2.23. The molecule has 0 amide bonds. The SMILES string of the molecule is OC1C=C(N(CCF)Cc2ccc(Br)nc2)CO1. The van der Waals surface area contributed by atoms with E-state index in [2.05, 4.69) is 20.9 Å². The van der Waals surface area contributed by atoms with E-state index in [1.165, 1.54) is 0 Å². The van der Waals surface area contributed by atoms with Crippen LogP contribution in [0.5, 0.6) is 0 Å². The van der Waals surface area contributed by atoms with Gasteiger partial charge in [0.15, 0.2) is 6.29 Å². The van der Waals surface area contributed by atoms with E-state index in [0.29, 0.717) is 13.2 Å². The number of aromatic nitrogens is 1. The van der Waals surface area contributed by atoms with Gasteiger partial charge in [-0.3, -0.25) is 0 Å². The first-order valence-electron chi connectivity index (χ1n) is 5.61. The third-order valence-electron chi connectivity index (χ3n) is 2.66. The van der Waals surface area contributed by atoms with E-state index < -0.39 is 13.0 Å². The van der Waals surface area contributed by atoms with E-state index in [0.717, 1.165) is 15.9 Å². The number of halogens is 2. The molecule has 1 atom stereocenters. The first-order chi connectivity index (χ1) is 8.69. The molecule has 4 nitrogen and oxygen atoms in total. The average molecular weight is 317 g/mol. The van der Waals surface area contributed by atoms with Crippen LogP contribution in [0.3, 0.4) is 0 Å². The van der Waals surface area contributed by atoms with Crippen LogP contribution in [0.15, 0.2) is 34.7 Å². The zero-order chi connectivity index (χ0) is 13.0. The van der Waals surface area contributed by atoms with Crippen LogP contribution in [-0.4, -0.2) is 41.1 Å². The van der Waals surface area contributed by atoms with Crippen LogP contribution in [0.2, 0.25) is 0 Å². The van der Waals surface area contributed by atoms with Crippen molar-refractivity contribution in [2.45, 2.75) is 12.8 Å². The Kier molecular flexibility index (Phi) is 4.68. The topological polar surface area (TPSA) is 45.6 Å². The number of hydrogen-bond donors (Lipinski definition) is 1. The van der Waals surface area contributed by atoms with Crippen molar-refractivity contribution in [2.75, 3.05) is 19.8 Å². The smallest absolute Gasteiger partial charge is 0.176 e. The number of rotatable bonds is 5. The Labute approximate surface area is 113 Å². The minimum Gasteiger partial charge on any atom is -0.366 e. The van der Waals surface area contributed by atoms with Gasteiger partial charge in [-0.1, -0.05) is 6.07 Å². The lowest BCUT2D eigenvalue weighted by atomic mass is 10.2. The van der Waals surface area contributed by atoms with E-state index in [-0.39, 0.29) is 6.54 Å². The molecule has 0 saturated heterocycles. The van der Waals surface area contributed by atoms with Gasteiger partial charge in [0.1, 0.15) is 11.3 Å². The van der Waals surface area contributed by atoms with Crippen molar-refractivity contribution in [1.29, 1.82) is 0 Å². The molecule has 0 saturated carbocycles. The lowest BCUT2D eigenvalue weighted by molar-refractivity contribution is -0.0413. The maximum atomic E-state index is 12.6. The molecule has 1 aromatic heterocycles. The Morgan fingerprint density at radius 1 is 1.56 bits per heavy atom. The summed E-state index contributed by atoms with van der Waals surface area (Å²) in [6.45, 7) is 0.687. The normalized spacial score (nSPS) is 18.8. The molecule has 1 aliphatic heterocycles. The third-order valence-corrected chi connectivity index (χ3v) is 3.13. The summed E-state index contributed by atoms with van der Waals surface area (Å²) < 4.78 is 18.4. The average Bonchev–Trinajstić information content (AvgIpc) is 2.78. The second-order valence-electron chi connectivity index (χ2n) is 3.96. The number of nitrogens with zero attached hydrogens (tertiary/aromatic N) is 2. The van der Waals surface area contributed by atoms with Gasteiger partial charge in [-0.15, -0.1) is 0 Å².